The molecule has 0 spiro atoms. The number of ether oxygens (including phenoxy) is 2. The van der Waals surface area contributed by atoms with Crippen molar-refractivity contribution in [1.82, 2.24) is 4.90 Å². The summed E-state index contributed by atoms with van der Waals surface area (Å²) in [5.74, 6) is 0.300. The Balaban J connectivity index is 2.17. The van der Waals surface area contributed by atoms with Crippen molar-refractivity contribution in [1.29, 1.82) is 0 Å². The summed E-state index contributed by atoms with van der Waals surface area (Å²) in [7, 11) is 5.37. The van der Waals surface area contributed by atoms with Gasteiger partial charge in [-0.05, 0) is 32.3 Å². The molecule has 1 unspecified atom stereocenters. The third kappa shape index (κ3) is 6.05. The van der Waals surface area contributed by atoms with E-state index in [1.807, 2.05) is 43.3 Å². The molecule has 0 fully saturated rings. The number of hydrogen-bond acceptors (Lipinski definition) is 4. The molecule has 3 N–H and O–H groups in total. The van der Waals surface area contributed by atoms with Gasteiger partial charge in [0.15, 0.2) is 11.7 Å². The lowest BCUT2D eigenvalue weighted by atomic mass is 10.0. The summed E-state index contributed by atoms with van der Waals surface area (Å²) < 4.78 is 47.0. The van der Waals surface area contributed by atoms with Crippen LogP contribution in [0.15, 0.2) is 53.5 Å². The number of anilines is 1. The van der Waals surface area contributed by atoms with E-state index < -0.39 is 6.36 Å². The molecule has 2 rings (SSSR count). The van der Waals surface area contributed by atoms with Crippen molar-refractivity contribution in [3.63, 3.8) is 0 Å². The van der Waals surface area contributed by atoms with Gasteiger partial charge in [0, 0.05) is 5.56 Å². The molecule has 0 aliphatic rings. The lowest BCUT2D eigenvalue weighted by Gasteiger charge is -2.25. The number of nitrogens with two attached hydrogens (primary N) is 1. The highest BCUT2D eigenvalue weighted by atomic mass is 19.4. The Kier molecular flexibility index (Phi) is 7.11. The SMILES string of the molecule is COc1ccccc1C(CN=C(N)Nc1ccccc1OC(F)(F)F)N(C)C. The molecule has 0 saturated carbocycles. The second-order valence-electron chi connectivity index (χ2n) is 6.12. The summed E-state index contributed by atoms with van der Waals surface area (Å²) in [5, 5.41) is 2.66. The normalized spacial score (nSPS) is 13.3. The van der Waals surface area contributed by atoms with E-state index in [1.165, 1.54) is 18.2 Å². The van der Waals surface area contributed by atoms with Crippen LogP contribution in [0.4, 0.5) is 18.9 Å². The number of benzene rings is 2. The molecule has 0 saturated heterocycles. The van der Waals surface area contributed by atoms with Crippen LogP contribution >= 0.6 is 0 Å². The second-order valence-corrected chi connectivity index (χ2v) is 6.12. The molecule has 0 heterocycles. The summed E-state index contributed by atoms with van der Waals surface area (Å²) in [6.45, 7) is 0.272. The van der Waals surface area contributed by atoms with Gasteiger partial charge in [-0.25, -0.2) is 0 Å². The predicted octanol–water partition coefficient (Wildman–Crippen LogP) is 3.62. The van der Waals surface area contributed by atoms with Crippen molar-refractivity contribution in [2.45, 2.75) is 12.4 Å². The molecule has 0 aromatic heterocycles. The first-order valence-corrected chi connectivity index (χ1v) is 8.42. The minimum atomic E-state index is -4.80. The molecule has 152 valence electrons. The number of halogens is 3. The maximum absolute atomic E-state index is 12.5. The van der Waals surface area contributed by atoms with Gasteiger partial charge in [-0.15, -0.1) is 13.2 Å². The molecular formula is C19H23F3N4O2. The predicted molar refractivity (Wildman–Crippen MR) is 103 cm³/mol. The van der Waals surface area contributed by atoms with Gasteiger partial charge in [-0.3, -0.25) is 4.99 Å². The van der Waals surface area contributed by atoms with Crippen molar-refractivity contribution in [3.8, 4) is 11.5 Å². The van der Waals surface area contributed by atoms with Crippen molar-refractivity contribution in [2.24, 2.45) is 10.7 Å². The largest absolute Gasteiger partial charge is 0.573 e. The molecule has 6 nitrogen and oxygen atoms in total. The second kappa shape index (κ2) is 9.32. The molecule has 0 radical (unpaired) electrons. The molecule has 0 bridgehead atoms. The van der Waals surface area contributed by atoms with Gasteiger partial charge in [0.05, 0.1) is 25.4 Å². The molecule has 0 aliphatic carbocycles. The fourth-order valence-corrected chi connectivity index (χ4v) is 2.63. The van der Waals surface area contributed by atoms with Crippen LogP contribution in [-0.4, -0.2) is 45.0 Å². The number of alkyl halides is 3. The number of rotatable bonds is 7. The third-order valence-corrected chi connectivity index (χ3v) is 3.93. The van der Waals surface area contributed by atoms with Crippen LogP contribution in [0.2, 0.25) is 0 Å². The van der Waals surface area contributed by atoms with E-state index in [4.69, 9.17) is 10.5 Å². The van der Waals surface area contributed by atoms with E-state index in [0.29, 0.717) is 5.75 Å². The lowest BCUT2D eigenvalue weighted by Crippen LogP contribution is -2.28. The van der Waals surface area contributed by atoms with Gasteiger partial charge in [0.1, 0.15) is 5.75 Å². The highest BCUT2D eigenvalue weighted by Gasteiger charge is 2.32. The Morgan fingerprint density at radius 1 is 1.11 bits per heavy atom. The highest BCUT2D eigenvalue weighted by molar-refractivity contribution is 5.93. The van der Waals surface area contributed by atoms with Crippen LogP contribution < -0.4 is 20.5 Å². The lowest BCUT2D eigenvalue weighted by molar-refractivity contribution is -0.274. The maximum atomic E-state index is 12.5. The van der Waals surface area contributed by atoms with E-state index in [-0.39, 0.29) is 30.0 Å². The number of methoxy groups -OCH3 is 1. The fourth-order valence-electron chi connectivity index (χ4n) is 2.63. The summed E-state index contributed by atoms with van der Waals surface area (Å²) in [5.41, 5.74) is 6.88. The summed E-state index contributed by atoms with van der Waals surface area (Å²) in [4.78, 5) is 6.23. The molecule has 0 amide bonds. The number of nitrogens with one attached hydrogen (secondary N) is 1. The monoisotopic (exact) mass is 396 g/mol. The molecule has 0 aliphatic heterocycles. The van der Waals surface area contributed by atoms with E-state index in [9.17, 15) is 13.2 Å². The van der Waals surface area contributed by atoms with Crippen LogP contribution in [0.25, 0.3) is 0 Å². The van der Waals surface area contributed by atoms with E-state index in [1.54, 1.807) is 13.2 Å². The van der Waals surface area contributed by atoms with Gasteiger partial charge in [-0.1, -0.05) is 30.3 Å². The minimum Gasteiger partial charge on any atom is -0.496 e. The Hall–Kier alpha value is -2.94. The zero-order valence-corrected chi connectivity index (χ0v) is 15.8. The molecular weight excluding hydrogens is 373 g/mol. The number of likely N-dealkylation sites (N-methyl/N-ethyl adjacent to an activating group) is 1. The Morgan fingerprint density at radius 3 is 2.32 bits per heavy atom. The molecule has 2 aromatic rings. The molecule has 2 aromatic carbocycles. The molecule has 9 heteroatoms. The molecule has 1 atom stereocenters. The van der Waals surface area contributed by atoms with Crippen molar-refractivity contribution < 1.29 is 22.6 Å². The Bertz CT molecular complexity index is 810. The summed E-state index contributed by atoms with van der Waals surface area (Å²) >= 11 is 0. The first-order chi connectivity index (χ1) is 13.2. The van der Waals surface area contributed by atoms with Gasteiger partial charge < -0.3 is 25.4 Å². The summed E-state index contributed by atoms with van der Waals surface area (Å²) in [6, 6.07) is 13.0. The number of aliphatic imine (C=N–C) groups is 1. The van der Waals surface area contributed by atoms with Crippen molar-refractivity contribution in [2.75, 3.05) is 33.1 Å². The smallest absolute Gasteiger partial charge is 0.496 e. The number of hydrogen-bond donors (Lipinski definition) is 2. The van der Waals surface area contributed by atoms with Crippen LogP contribution in [-0.2, 0) is 0 Å². The number of guanidine groups is 1. The Morgan fingerprint density at radius 2 is 1.71 bits per heavy atom. The average Bonchev–Trinajstić information content (AvgIpc) is 2.62. The van der Waals surface area contributed by atoms with Crippen molar-refractivity contribution in [3.05, 3.63) is 54.1 Å². The van der Waals surface area contributed by atoms with Crippen LogP contribution in [0, 0.1) is 0 Å². The third-order valence-electron chi connectivity index (χ3n) is 3.93. The topological polar surface area (TPSA) is 72.1 Å². The van der Waals surface area contributed by atoms with Gasteiger partial charge in [0.25, 0.3) is 0 Å². The van der Waals surface area contributed by atoms with Crippen LogP contribution in [0.3, 0.4) is 0 Å². The first kappa shape index (κ1) is 21.4. The number of para-hydroxylation sites is 3. The zero-order valence-electron chi connectivity index (χ0n) is 15.8. The van der Waals surface area contributed by atoms with Gasteiger partial charge in [-0.2, -0.15) is 0 Å². The maximum Gasteiger partial charge on any atom is 0.573 e. The first-order valence-electron chi connectivity index (χ1n) is 8.42. The zero-order chi connectivity index (χ0) is 20.7. The van der Waals surface area contributed by atoms with E-state index in [0.717, 1.165) is 5.56 Å². The fraction of sp³-hybridized carbons (Fsp3) is 0.316. The summed E-state index contributed by atoms with van der Waals surface area (Å²) in [6.07, 6.45) is -4.80. The minimum absolute atomic E-state index is 0.0278. The molecule has 28 heavy (non-hydrogen) atoms. The van der Waals surface area contributed by atoms with Crippen LogP contribution in [0.1, 0.15) is 11.6 Å². The highest BCUT2D eigenvalue weighted by Crippen LogP contribution is 2.30. The van der Waals surface area contributed by atoms with Gasteiger partial charge >= 0.3 is 6.36 Å². The van der Waals surface area contributed by atoms with E-state index >= 15 is 0 Å². The Labute approximate surface area is 161 Å². The van der Waals surface area contributed by atoms with E-state index in [2.05, 4.69) is 15.0 Å². The van der Waals surface area contributed by atoms with Crippen molar-refractivity contribution >= 4 is 11.6 Å². The standard InChI is InChI=1S/C19H23F3N4O2/c1-26(2)15(13-8-4-6-10-16(13)27-3)12-24-18(23)25-14-9-5-7-11-17(14)28-19(20,21)22/h4-11,15H,12H2,1-3H3,(H3,23,24,25). The quantitative estimate of drug-likeness (QED) is 0.553. The number of nitrogens with zero attached hydrogens (tertiary/aromatic N) is 2. The average molecular weight is 396 g/mol. The van der Waals surface area contributed by atoms with Crippen LogP contribution in [0.5, 0.6) is 11.5 Å². The van der Waals surface area contributed by atoms with Gasteiger partial charge in [0.2, 0.25) is 0 Å².